The molecule has 1 heterocycles. The molecule has 0 N–H and O–H groups in total. The van der Waals surface area contributed by atoms with Crippen LogP contribution in [0.1, 0.15) is 26.0 Å². The second-order valence-corrected chi connectivity index (χ2v) is 3.70. The number of amides is 1. The molecule has 0 radical (unpaired) electrons. The van der Waals surface area contributed by atoms with Gasteiger partial charge in [0, 0.05) is 19.0 Å². The second-order valence-electron chi connectivity index (χ2n) is 3.70. The second kappa shape index (κ2) is 6.03. The van der Waals surface area contributed by atoms with Crippen LogP contribution in [0.5, 0.6) is 0 Å². The van der Waals surface area contributed by atoms with Crippen molar-refractivity contribution in [3.8, 4) is 0 Å². The van der Waals surface area contributed by atoms with E-state index in [1.54, 1.807) is 19.5 Å². The number of methoxy groups -OCH3 is 1. The largest absolute Gasteiger partial charge is 0.500 e. The molecule has 17 heavy (non-hydrogen) atoms. The zero-order valence-corrected chi connectivity index (χ0v) is 10.7. The molecule has 0 aliphatic heterocycles. The van der Waals surface area contributed by atoms with Gasteiger partial charge in [0.15, 0.2) is 0 Å². The van der Waals surface area contributed by atoms with Crippen LogP contribution in [-0.4, -0.2) is 18.0 Å². The minimum atomic E-state index is -0.0707. The lowest BCUT2D eigenvalue weighted by Gasteiger charge is -2.17. The van der Waals surface area contributed by atoms with Crippen LogP contribution < -0.4 is 4.90 Å². The quantitative estimate of drug-likeness (QED) is 0.752. The molecule has 4 nitrogen and oxygen atoms in total. The van der Waals surface area contributed by atoms with Crippen LogP contribution >= 0.6 is 0 Å². The van der Waals surface area contributed by atoms with Gasteiger partial charge in [0.2, 0.25) is 5.91 Å². The highest BCUT2D eigenvalue weighted by atomic mass is 16.5. The van der Waals surface area contributed by atoms with E-state index in [0.717, 1.165) is 23.6 Å². The molecule has 4 heteroatoms. The molecule has 1 aromatic heterocycles. The van der Waals surface area contributed by atoms with Crippen molar-refractivity contribution < 1.29 is 9.53 Å². The van der Waals surface area contributed by atoms with Gasteiger partial charge in [-0.2, -0.15) is 0 Å². The summed E-state index contributed by atoms with van der Waals surface area (Å²) >= 11 is 0. The first-order valence-electron chi connectivity index (χ1n) is 5.55. The highest BCUT2D eigenvalue weighted by Gasteiger charge is 2.10. The number of aryl methyl sites for hydroxylation is 1. The van der Waals surface area contributed by atoms with Gasteiger partial charge in [-0.15, -0.1) is 0 Å². The van der Waals surface area contributed by atoms with Gasteiger partial charge in [-0.05, 0) is 19.1 Å². The van der Waals surface area contributed by atoms with Crippen molar-refractivity contribution in [1.29, 1.82) is 0 Å². The Morgan fingerprint density at radius 2 is 2.24 bits per heavy atom. The molecule has 0 saturated heterocycles. The number of nitrogens with zero attached hydrogens (tertiary/aromatic N) is 2. The monoisotopic (exact) mass is 234 g/mol. The molecule has 0 spiro atoms. The fourth-order valence-corrected chi connectivity index (χ4v) is 1.38. The number of aromatic nitrogens is 1. The SMILES string of the molecule is CC/C(=C\N(C(C)=O)c1ccc(C)nc1)OC. The predicted molar refractivity (Wildman–Crippen MR) is 67.5 cm³/mol. The zero-order chi connectivity index (χ0) is 12.8. The molecular formula is C13H18N2O2. The molecule has 1 aromatic rings. The average Bonchev–Trinajstić information content (AvgIpc) is 2.32. The van der Waals surface area contributed by atoms with E-state index in [-0.39, 0.29) is 5.91 Å². The maximum Gasteiger partial charge on any atom is 0.228 e. The first kappa shape index (κ1) is 13.2. The summed E-state index contributed by atoms with van der Waals surface area (Å²) in [6.45, 7) is 5.39. The highest BCUT2D eigenvalue weighted by molar-refractivity contribution is 5.93. The van der Waals surface area contributed by atoms with Crippen molar-refractivity contribution in [3.63, 3.8) is 0 Å². The number of rotatable bonds is 4. The summed E-state index contributed by atoms with van der Waals surface area (Å²) in [5, 5.41) is 0. The smallest absolute Gasteiger partial charge is 0.228 e. The van der Waals surface area contributed by atoms with E-state index < -0.39 is 0 Å². The summed E-state index contributed by atoms with van der Waals surface area (Å²) < 4.78 is 5.17. The van der Waals surface area contributed by atoms with Crippen LogP contribution in [0, 0.1) is 6.92 Å². The predicted octanol–water partition coefficient (Wildman–Crippen LogP) is 2.64. The lowest BCUT2D eigenvalue weighted by Crippen LogP contribution is -2.23. The normalized spacial score (nSPS) is 11.2. The lowest BCUT2D eigenvalue weighted by atomic mass is 10.3. The van der Waals surface area contributed by atoms with E-state index in [1.807, 2.05) is 26.0 Å². The fraction of sp³-hybridized carbons (Fsp3) is 0.385. The first-order valence-corrected chi connectivity index (χ1v) is 5.55. The Kier molecular flexibility index (Phi) is 4.69. The van der Waals surface area contributed by atoms with Gasteiger partial charge in [-0.25, -0.2) is 0 Å². The van der Waals surface area contributed by atoms with Gasteiger partial charge >= 0.3 is 0 Å². The molecule has 1 amide bonds. The fourth-order valence-electron chi connectivity index (χ4n) is 1.38. The number of pyridine rings is 1. The van der Waals surface area contributed by atoms with Crippen molar-refractivity contribution in [2.45, 2.75) is 27.2 Å². The molecule has 0 fully saturated rings. The highest BCUT2D eigenvalue weighted by Crippen LogP contribution is 2.16. The summed E-state index contributed by atoms with van der Waals surface area (Å²) in [7, 11) is 1.60. The number of allylic oxidation sites excluding steroid dienone is 1. The number of hydrogen-bond donors (Lipinski definition) is 0. The van der Waals surface area contributed by atoms with Crippen LogP contribution in [0.15, 0.2) is 30.3 Å². The van der Waals surface area contributed by atoms with E-state index in [4.69, 9.17) is 4.74 Å². The molecular weight excluding hydrogens is 216 g/mol. The van der Waals surface area contributed by atoms with Crippen molar-refractivity contribution in [2.24, 2.45) is 0 Å². The van der Waals surface area contributed by atoms with Gasteiger partial charge in [0.1, 0.15) is 5.76 Å². The summed E-state index contributed by atoms with van der Waals surface area (Å²) in [5.41, 5.74) is 1.66. The third-order valence-corrected chi connectivity index (χ3v) is 2.40. The van der Waals surface area contributed by atoms with Crippen LogP contribution in [0.4, 0.5) is 5.69 Å². The summed E-state index contributed by atoms with van der Waals surface area (Å²) in [4.78, 5) is 17.3. The summed E-state index contributed by atoms with van der Waals surface area (Å²) in [5.74, 6) is 0.680. The van der Waals surface area contributed by atoms with Gasteiger partial charge in [0.25, 0.3) is 0 Å². The minimum Gasteiger partial charge on any atom is -0.500 e. The summed E-state index contributed by atoms with van der Waals surface area (Å²) in [6, 6.07) is 3.74. The van der Waals surface area contributed by atoms with Gasteiger partial charge in [-0.3, -0.25) is 14.7 Å². The Labute approximate surface area is 102 Å². The van der Waals surface area contributed by atoms with Crippen LogP contribution in [0.2, 0.25) is 0 Å². The number of anilines is 1. The molecule has 0 atom stereocenters. The maximum absolute atomic E-state index is 11.6. The van der Waals surface area contributed by atoms with E-state index in [9.17, 15) is 4.79 Å². The third-order valence-electron chi connectivity index (χ3n) is 2.40. The zero-order valence-electron chi connectivity index (χ0n) is 10.7. The van der Waals surface area contributed by atoms with Gasteiger partial charge < -0.3 is 4.74 Å². The Hall–Kier alpha value is -1.84. The molecule has 1 rings (SSSR count). The van der Waals surface area contributed by atoms with E-state index in [2.05, 4.69) is 4.98 Å². The Balaban J connectivity index is 3.05. The van der Waals surface area contributed by atoms with Crippen LogP contribution in [-0.2, 0) is 9.53 Å². The summed E-state index contributed by atoms with van der Waals surface area (Å²) in [6.07, 6.45) is 4.12. The van der Waals surface area contributed by atoms with Crippen molar-refractivity contribution in [1.82, 2.24) is 4.98 Å². The maximum atomic E-state index is 11.6. The van der Waals surface area contributed by atoms with Gasteiger partial charge in [-0.1, -0.05) is 6.92 Å². The topological polar surface area (TPSA) is 42.4 Å². The van der Waals surface area contributed by atoms with Crippen molar-refractivity contribution in [2.75, 3.05) is 12.0 Å². The molecule has 0 saturated carbocycles. The number of ether oxygens (including phenoxy) is 1. The van der Waals surface area contributed by atoms with E-state index in [0.29, 0.717) is 0 Å². The minimum absolute atomic E-state index is 0.0707. The van der Waals surface area contributed by atoms with Crippen molar-refractivity contribution in [3.05, 3.63) is 36.0 Å². The average molecular weight is 234 g/mol. The van der Waals surface area contributed by atoms with Crippen molar-refractivity contribution >= 4 is 11.6 Å². The molecule has 0 unspecified atom stereocenters. The standard InChI is InChI=1S/C13H18N2O2/c1-5-13(17-4)9-15(11(3)16)12-7-6-10(2)14-8-12/h6-9H,5H2,1-4H3/b13-9+. The van der Waals surface area contributed by atoms with E-state index in [1.165, 1.54) is 11.8 Å². The van der Waals surface area contributed by atoms with Gasteiger partial charge in [0.05, 0.1) is 25.2 Å². The lowest BCUT2D eigenvalue weighted by molar-refractivity contribution is -0.116. The Morgan fingerprint density at radius 1 is 1.53 bits per heavy atom. The molecule has 92 valence electrons. The first-order chi connectivity index (χ1) is 8.08. The number of carbonyl (C=O) groups is 1. The third kappa shape index (κ3) is 3.59. The molecule has 0 bridgehead atoms. The van der Waals surface area contributed by atoms with Crippen LogP contribution in [0.3, 0.4) is 0 Å². The van der Waals surface area contributed by atoms with Crippen LogP contribution in [0.25, 0.3) is 0 Å². The number of carbonyl (C=O) groups excluding carboxylic acids is 1. The molecule has 0 aliphatic rings. The number of hydrogen-bond acceptors (Lipinski definition) is 3. The Bertz CT molecular complexity index is 404. The molecule has 0 aromatic carbocycles. The molecule has 0 aliphatic carbocycles. The van der Waals surface area contributed by atoms with E-state index >= 15 is 0 Å². The Morgan fingerprint density at radius 3 is 2.65 bits per heavy atom.